The number of benzene rings is 2. The number of anilines is 1. The fraction of sp³-hybridized carbons (Fsp3) is 0.464. The number of aryl methyl sites for hydroxylation is 1. The quantitative estimate of drug-likeness (QED) is 0.260. The van der Waals surface area contributed by atoms with Gasteiger partial charge in [0.2, 0.25) is 5.88 Å². The molecule has 2 aromatic rings. The van der Waals surface area contributed by atoms with Gasteiger partial charge in [-0.1, -0.05) is 56.0 Å². The number of aliphatic hydroxyl groups excluding tert-OH is 1. The molecule has 0 saturated carbocycles. The molecule has 0 unspecified atom stereocenters. The van der Waals surface area contributed by atoms with Crippen molar-refractivity contribution in [2.75, 3.05) is 17.4 Å². The number of alkyl carbamates (subject to hydrolysis) is 1. The minimum absolute atomic E-state index is 0.222. The highest BCUT2D eigenvalue weighted by molar-refractivity contribution is 7.91. The van der Waals surface area contributed by atoms with Gasteiger partial charge in [-0.05, 0) is 62.9 Å². The molecular formula is C28H41N3O6SSi. The predicted octanol–water partition coefficient (Wildman–Crippen LogP) is 5.78. The standard InChI is InChI=1S/C28H41N3O6SSi/c1-28(2,3)37-27(33)29-16-10-13-22-14-15-24(25(19-22)36-21-23-11-8-7-9-12-23)31-20-26(32)30(38(31,34)35)17-18-39(4,5)6/h7-9,11-12,14-15,19-20,32H,10,13,16-18,21H2,1-6H3,(H,29,33). The lowest BCUT2D eigenvalue weighted by atomic mass is 10.1. The van der Waals surface area contributed by atoms with Gasteiger partial charge in [0.15, 0.2) is 0 Å². The van der Waals surface area contributed by atoms with Crippen LogP contribution in [0.5, 0.6) is 5.75 Å². The van der Waals surface area contributed by atoms with E-state index in [0.29, 0.717) is 36.9 Å². The third kappa shape index (κ3) is 8.93. The average Bonchev–Trinajstić information content (AvgIpc) is 3.05. The van der Waals surface area contributed by atoms with Crippen LogP contribution in [0.4, 0.5) is 10.5 Å². The number of carbonyl (C=O) groups excluding carboxylic acids is 1. The summed E-state index contributed by atoms with van der Waals surface area (Å²) in [5, 5.41) is 13.3. The van der Waals surface area contributed by atoms with Crippen LogP contribution in [0.25, 0.3) is 0 Å². The second-order valence-corrected chi connectivity index (χ2v) is 19.1. The fourth-order valence-corrected chi connectivity index (χ4v) is 6.37. The van der Waals surface area contributed by atoms with Crippen molar-refractivity contribution in [1.82, 2.24) is 9.62 Å². The lowest BCUT2D eigenvalue weighted by Gasteiger charge is -2.25. The van der Waals surface area contributed by atoms with Gasteiger partial charge in [-0.2, -0.15) is 8.42 Å². The van der Waals surface area contributed by atoms with Gasteiger partial charge in [-0.15, -0.1) is 0 Å². The van der Waals surface area contributed by atoms with Crippen molar-refractivity contribution in [3.05, 3.63) is 71.7 Å². The molecule has 39 heavy (non-hydrogen) atoms. The van der Waals surface area contributed by atoms with Crippen LogP contribution in [0, 0.1) is 0 Å². The van der Waals surface area contributed by atoms with Crippen molar-refractivity contribution >= 4 is 30.1 Å². The maximum atomic E-state index is 13.5. The Morgan fingerprint density at radius 3 is 2.38 bits per heavy atom. The Morgan fingerprint density at radius 1 is 1.05 bits per heavy atom. The molecule has 3 rings (SSSR count). The third-order valence-electron chi connectivity index (χ3n) is 5.89. The van der Waals surface area contributed by atoms with Crippen LogP contribution in [0.3, 0.4) is 0 Å². The van der Waals surface area contributed by atoms with Crippen molar-refractivity contribution in [1.29, 1.82) is 0 Å². The van der Waals surface area contributed by atoms with Crippen LogP contribution in [0.1, 0.15) is 38.3 Å². The molecule has 0 spiro atoms. The molecule has 1 amide bonds. The van der Waals surface area contributed by atoms with E-state index in [0.717, 1.165) is 19.7 Å². The van der Waals surface area contributed by atoms with Crippen molar-refractivity contribution in [2.45, 2.75) is 71.5 Å². The summed E-state index contributed by atoms with van der Waals surface area (Å²) in [5.41, 5.74) is 1.63. The monoisotopic (exact) mass is 575 g/mol. The number of aliphatic hydroxyl groups is 1. The second-order valence-electron chi connectivity index (χ2n) is 11.8. The van der Waals surface area contributed by atoms with E-state index in [9.17, 15) is 18.3 Å². The number of carbonyl (C=O) groups is 1. The lowest BCUT2D eigenvalue weighted by Crippen LogP contribution is -2.37. The molecule has 9 nitrogen and oxygen atoms in total. The first-order chi connectivity index (χ1) is 18.2. The number of nitrogens with zero attached hydrogens (tertiary/aromatic N) is 2. The fourth-order valence-electron chi connectivity index (χ4n) is 3.87. The Kier molecular flexibility index (Phi) is 9.60. The summed E-state index contributed by atoms with van der Waals surface area (Å²) < 4.78 is 40.5. The zero-order valence-corrected chi connectivity index (χ0v) is 25.5. The summed E-state index contributed by atoms with van der Waals surface area (Å²) in [6, 6.07) is 15.7. The van der Waals surface area contributed by atoms with E-state index >= 15 is 0 Å². The van der Waals surface area contributed by atoms with Crippen molar-refractivity contribution in [3.63, 3.8) is 0 Å². The molecule has 2 aromatic carbocycles. The number of hydrogen-bond acceptors (Lipinski definition) is 6. The number of rotatable bonds is 11. The molecule has 11 heteroatoms. The van der Waals surface area contributed by atoms with Gasteiger partial charge in [0.25, 0.3) is 0 Å². The zero-order chi connectivity index (χ0) is 28.8. The van der Waals surface area contributed by atoms with Crippen LogP contribution in [-0.4, -0.2) is 50.7 Å². The van der Waals surface area contributed by atoms with Gasteiger partial charge in [0.1, 0.15) is 23.6 Å². The third-order valence-corrected chi connectivity index (χ3v) is 9.34. The summed E-state index contributed by atoms with van der Waals surface area (Å²) in [6.45, 7) is 12.8. The molecule has 1 heterocycles. The maximum absolute atomic E-state index is 13.5. The van der Waals surface area contributed by atoms with E-state index in [1.165, 1.54) is 6.20 Å². The lowest BCUT2D eigenvalue weighted by molar-refractivity contribution is 0.0527. The predicted molar refractivity (Wildman–Crippen MR) is 157 cm³/mol. The van der Waals surface area contributed by atoms with Gasteiger partial charge >= 0.3 is 16.3 Å². The highest BCUT2D eigenvalue weighted by Crippen LogP contribution is 2.37. The van der Waals surface area contributed by atoms with Crippen LogP contribution < -0.4 is 14.4 Å². The summed E-state index contributed by atoms with van der Waals surface area (Å²) >= 11 is 0. The molecule has 214 valence electrons. The molecule has 2 N–H and O–H groups in total. The largest absolute Gasteiger partial charge is 0.493 e. The Bertz CT molecular complexity index is 1270. The summed E-state index contributed by atoms with van der Waals surface area (Å²) in [5.74, 6) is 0.0793. The normalized spacial score (nSPS) is 15.2. The van der Waals surface area contributed by atoms with Crippen LogP contribution >= 0.6 is 0 Å². The Labute approximate surface area is 233 Å². The van der Waals surface area contributed by atoms with Gasteiger partial charge in [-0.3, -0.25) is 0 Å². The molecular weight excluding hydrogens is 534 g/mol. The zero-order valence-electron chi connectivity index (χ0n) is 23.7. The van der Waals surface area contributed by atoms with Gasteiger partial charge < -0.3 is 19.9 Å². The van der Waals surface area contributed by atoms with Crippen LogP contribution in [0.2, 0.25) is 25.7 Å². The first kappa shape index (κ1) is 30.4. The molecule has 0 atom stereocenters. The molecule has 0 aromatic heterocycles. The SMILES string of the molecule is CC(C)(C)OC(=O)NCCCc1ccc(N2C=C(O)N(CC[Si](C)(C)C)S2(=O)=O)c(OCc2ccccc2)c1. The summed E-state index contributed by atoms with van der Waals surface area (Å²) in [6.07, 6.45) is 2.06. The van der Waals surface area contributed by atoms with Gasteiger partial charge in [0, 0.05) is 21.2 Å². The van der Waals surface area contributed by atoms with Crippen LogP contribution in [-0.2, 0) is 28.0 Å². The van der Waals surface area contributed by atoms with E-state index in [2.05, 4.69) is 25.0 Å². The maximum Gasteiger partial charge on any atom is 0.407 e. The van der Waals surface area contributed by atoms with E-state index in [1.807, 2.05) is 63.2 Å². The molecule has 0 aliphatic carbocycles. The summed E-state index contributed by atoms with van der Waals surface area (Å²) in [4.78, 5) is 11.9. The number of nitrogens with one attached hydrogen (secondary N) is 1. The van der Waals surface area contributed by atoms with Crippen LogP contribution in [0.15, 0.2) is 60.6 Å². The van der Waals surface area contributed by atoms with E-state index in [4.69, 9.17) is 9.47 Å². The topological polar surface area (TPSA) is 108 Å². The Hall–Kier alpha value is -3.18. The average molecular weight is 576 g/mol. The van der Waals surface area contributed by atoms with Gasteiger partial charge in [0.05, 0.1) is 6.20 Å². The number of ether oxygens (including phenoxy) is 2. The first-order valence-electron chi connectivity index (χ1n) is 13.2. The molecule has 0 radical (unpaired) electrons. The Morgan fingerprint density at radius 2 is 1.74 bits per heavy atom. The van der Waals surface area contributed by atoms with Crippen molar-refractivity contribution < 1.29 is 27.8 Å². The minimum Gasteiger partial charge on any atom is -0.493 e. The van der Waals surface area contributed by atoms with E-state index in [1.54, 1.807) is 6.07 Å². The second kappa shape index (κ2) is 12.3. The minimum atomic E-state index is -4.01. The molecule has 1 aliphatic rings. The molecule has 1 aliphatic heterocycles. The van der Waals surface area contributed by atoms with Gasteiger partial charge in [-0.25, -0.2) is 13.4 Å². The van der Waals surface area contributed by atoms with E-state index in [-0.39, 0.29) is 19.0 Å². The number of amides is 1. The van der Waals surface area contributed by atoms with Crippen molar-refractivity contribution in [3.8, 4) is 5.75 Å². The molecule has 0 fully saturated rings. The highest BCUT2D eigenvalue weighted by Gasteiger charge is 2.39. The van der Waals surface area contributed by atoms with Crippen molar-refractivity contribution in [2.24, 2.45) is 0 Å². The Balaban J connectivity index is 1.79. The smallest absolute Gasteiger partial charge is 0.407 e. The first-order valence-corrected chi connectivity index (χ1v) is 18.3. The highest BCUT2D eigenvalue weighted by atomic mass is 32.2. The number of hydrogen-bond donors (Lipinski definition) is 2. The molecule has 0 bridgehead atoms. The van der Waals surface area contributed by atoms with E-state index < -0.39 is 30.0 Å². The summed E-state index contributed by atoms with van der Waals surface area (Å²) in [7, 11) is -5.56. The molecule has 0 saturated heterocycles.